The van der Waals surface area contributed by atoms with Crippen LogP contribution in [0.2, 0.25) is 0 Å². The van der Waals surface area contributed by atoms with Crippen molar-refractivity contribution in [1.82, 2.24) is 19.2 Å². The van der Waals surface area contributed by atoms with Crippen LogP contribution in [0.25, 0.3) is 17.1 Å². The van der Waals surface area contributed by atoms with Gasteiger partial charge in [0.25, 0.3) is 0 Å². The fourth-order valence-electron chi connectivity index (χ4n) is 3.69. The van der Waals surface area contributed by atoms with Gasteiger partial charge in [0.05, 0.1) is 27.8 Å². The van der Waals surface area contributed by atoms with Crippen molar-refractivity contribution in [2.24, 2.45) is 0 Å². The molecule has 4 rings (SSSR count). The molecule has 1 fully saturated rings. The molecule has 0 spiro atoms. The van der Waals surface area contributed by atoms with Gasteiger partial charge in [0, 0.05) is 32.3 Å². The molecular formula is C23H24N4O3S. The molecule has 0 unspecified atom stereocenters. The summed E-state index contributed by atoms with van der Waals surface area (Å²) in [4.78, 5) is 23.4. The fourth-order valence-corrected chi connectivity index (χ4v) is 5.32. The van der Waals surface area contributed by atoms with E-state index < -0.39 is 10.0 Å². The molecule has 0 bridgehead atoms. The van der Waals surface area contributed by atoms with E-state index in [0.29, 0.717) is 23.7 Å². The van der Waals surface area contributed by atoms with Crippen molar-refractivity contribution in [1.29, 1.82) is 0 Å². The Morgan fingerprint density at radius 1 is 1.00 bits per heavy atom. The van der Waals surface area contributed by atoms with Gasteiger partial charge in [-0.2, -0.15) is 4.31 Å². The van der Waals surface area contributed by atoms with Crippen LogP contribution in [0.5, 0.6) is 0 Å². The van der Waals surface area contributed by atoms with Gasteiger partial charge in [0.1, 0.15) is 0 Å². The quantitative estimate of drug-likeness (QED) is 0.588. The topological polar surface area (TPSA) is 83.5 Å². The normalized spacial score (nSPS) is 15.6. The third-order valence-corrected chi connectivity index (χ3v) is 7.42. The molecule has 3 aromatic rings. The Morgan fingerprint density at radius 2 is 1.71 bits per heavy atom. The minimum atomic E-state index is -3.58. The van der Waals surface area contributed by atoms with Crippen molar-refractivity contribution >= 4 is 33.0 Å². The summed E-state index contributed by atoms with van der Waals surface area (Å²) in [6.07, 6.45) is 4.73. The summed E-state index contributed by atoms with van der Waals surface area (Å²) >= 11 is 0. The van der Waals surface area contributed by atoms with E-state index in [4.69, 9.17) is 0 Å². The summed E-state index contributed by atoms with van der Waals surface area (Å²) < 4.78 is 27.5. The maximum Gasteiger partial charge on any atom is 0.246 e. The molecule has 0 aliphatic carbocycles. The number of benzene rings is 2. The van der Waals surface area contributed by atoms with E-state index in [1.54, 1.807) is 36.2 Å². The molecule has 1 aromatic heterocycles. The summed E-state index contributed by atoms with van der Waals surface area (Å²) in [7, 11) is -3.58. The maximum absolute atomic E-state index is 13.0. The molecule has 160 valence electrons. The Morgan fingerprint density at radius 3 is 2.42 bits per heavy atom. The number of fused-ring (bicyclic) bond motifs is 1. The Bertz CT molecular complexity index is 1260. The third-order valence-electron chi connectivity index (χ3n) is 5.36. The highest BCUT2D eigenvalue weighted by Gasteiger charge is 2.30. The van der Waals surface area contributed by atoms with Gasteiger partial charge in [-0.15, -0.1) is 0 Å². The molecule has 2 aromatic carbocycles. The zero-order valence-electron chi connectivity index (χ0n) is 17.5. The second-order valence-electron chi connectivity index (χ2n) is 7.62. The predicted octanol–water partition coefficient (Wildman–Crippen LogP) is 2.79. The minimum Gasteiger partial charge on any atom is -0.337 e. The minimum absolute atomic E-state index is 0.168. The monoisotopic (exact) mass is 436 g/mol. The Kier molecular flexibility index (Phi) is 5.84. The van der Waals surface area contributed by atoms with Crippen molar-refractivity contribution in [3.8, 4) is 0 Å². The number of piperazine rings is 1. The van der Waals surface area contributed by atoms with Gasteiger partial charge in [-0.3, -0.25) is 9.78 Å². The van der Waals surface area contributed by atoms with Crippen LogP contribution in [0, 0.1) is 13.8 Å². The van der Waals surface area contributed by atoms with Crippen molar-refractivity contribution in [2.45, 2.75) is 18.7 Å². The molecule has 0 atom stereocenters. The van der Waals surface area contributed by atoms with Crippen LogP contribution in [0.15, 0.2) is 59.6 Å². The van der Waals surface area contributed by atoms with E-state index in [2.05, 4.69) is 9.97 Å². The predicted molar refractivity (Wildman–Crippen MR) is 120 cm³/mol. The highest BCUT2D eigenvalue weighted by Crippen LogP contribution is 2.22. The summed E-state index contributed by atoms with van der Waals surface area (Å²) in [6, 6.07) is 12.9. The van der Waals surface area contributed by atoms with Crippen molar-refractivity contribution in [2.75, 3.05) is 26.2 Å². The van der Waals surface area contributed by atoms with E-state index in [0.717, 1.165) is 22.2 Å². The van der Waals surface area contributed by atoms with Gasteiger partial charge in [0.2, 0.25) is 15.9 Å². The summed E-state index contributed by atoms with van der Waals surface area (Å²) in [5.74, 6) is -0.168. The van der Waals surface area contributed by atoms with Gasteiger partial charge in [-0.05, 0) is 43.7 Å². The van der Waals surface area contributed by atoms with Gasteiger partial charge >= 0.3 is 0 Å². The Labute approximate surface area is 182 Å². The SMILES string of the molecule is Cc1ccc(S(=O)(=O)N2CCN(C(=O)/C=C/c3cnc4ccccc4n3)CC2)c(C)c1. The average molecular weight is 437 g/mol. The Hall–Kier alpha value is -3.10. The number of nitrogens with zero attached hydrogens (tertiary/aromatic N) is 4. The first kappa shape index (κ1) is 21.1. The number of hydrogen-bond donors (Lipinski definition) is 0. The molecule has 0 radical (unpaired) electrons. The lowest BCUT2D eigenvalue weighted by Gasteiger charge is -2.33. The molecule has 1 aliphatic rings. The lowest BCUT2D eigenvalue weighted by atomic mass is 10.2. The van der Waals surface area contributed by atoms with Crippen LogP contribution < -0.4 is 0 Å². The molecule has 31 heavy (non-hydrogen) atoms. The lowest BCUT2D eigenvalue weighted by molar-refractivity contribution is -0.127. The van der Waals surface area contributed by atoms with Crippen LogP contribution in [0.3, 0.4) is 0 Å². The first-order valence-corrected chi connectivity index (χ1v) is 11.5. The number of carbonyl (C=O) groups excluding carboxylic acids is 1. The van der Waals surface area contributed by atoms with Gasteiger partial charge in [0.15, 0.2) is 0 Å². The number of hydrogen-bond acceptors (Lipinski definition) is 5. The van der Waals surface area contributed by atoms with Gasteiger partial charge in [-0.1, -0.05) is 29.8 Å². The highest BCUT2D eigenvalue weighted by molar-refractivity contribution is 7.89. The standard InChI is InChI=1S/C23H24N4O3S/c1-17-7-9-22(18(2)15-17)31(29,30)27-13-11-26(12-14-27)23(28)10-8-19-16-24-20-5-3-4-6-21(20)25-19/h3-10,15-16H,11-14H2,1-2H3/b10-8+. The van der Waals surface area contributed by atoms with Crippen LogP contribution in [0.1, 0.15) is 16.8 Å². The molecule has 2 heterocycles. The molecule has 0 N–H and O–H groups in total. The molecule has 1 aliphatic heterocycles. The number of sulfonamides is 1. The summed E-state index contributed by atoms with van der Waals surface area (Å²) in [5.41, 5.74) is 3.92. The van der Waals surface area contributed by atoms with Crippen molar-refractivity contribution in [3.05, 3.63) is 71.6 Å². The fraction of sp³-hybridized carbons (Fsp3) is 0.261. The number of aryl methyl sites for hydroxylation is 2. The zero-order chi connectivity index (χ0) is 22.0. The molecule has 7 nitrogen and oxygen atoms in total. The highest BCUT2D eigenvalue weighted by atomic mass is 32.2. The van der Waals surface area contributed by atoms with Crippen molar-refractivity contribution in [3.63, 3.8) is 0 Å². The third kappa shape index (κ3) is 4.50. The molecule has 1 saturated heterocycles. The van der Waals surface area contributed by atoms with E-state index in [1.165, 1.54) is 10.4 Å². The number of amides is 1. The number of para-hydroxylation sites is 2. The Balaban J connectivity index is 1.40. The number of carbonyl (C=O) groups is 1. The number of aromatic nitrogens is 2. The van der Waals surface area contributed by atoms with E-state index >= 15 is 0 Å². The van der Waals surface area contributed by atoms with Crippen LogP contribution >= 0.6 is 0 Å². The second-order valence-corrected chi connectivity index (χ2v) is 9.52. The van der Waals surface area contributed by atoms with E-state index in [9.17, 15) is 13.2 Å². The van der Waals surface area contributed by atoms with Crippen LogP contribution in [0.4, 0.5) is 0 Å². The average Bonchev–Trinajstić information content (AvgIpc) is 2.77. The first-order chi connectivity index (χ1) is 14.8. The summed E-state index contributed by atoms with van der Waals surface area (Å²) in [5, 5.41) is 0. The molecule has 8 heteroatoms. The maximum atomic E-state index is 13.0. The number of rotatable bonds is 4. The van der Waals surface area contributed by atoms with Gasteiger partial charge < -0.3 is 4.90 Å². The van der Waals surface area contributed by atoms with Crippen molar-refractivity contribution < 1.29 is 13.2 Å². The molecular weight excluding hydrogens is 412 g/mol. The van der Waals surface area contributed by atoms with Crippen LogP contribution in [-0.2, 0) is 14.8 Å². The van der Waals surface area contributed by atoms with E-state index in [-0.39, 0.29) is 19.0 Å². The smallest absolute Gasteiger partial charge is 0.246 e. The lowest BCUT2D eigenvalue weighted by Crippen LogP contribution is -2.50. The largest absolute Gasteiger partial charge is 0.337 e. The van der Waals surface area contributed by atoms with Gasteiger partial charge in [-0.25, -0.2) is 13.4 Å². The zero-order valence-corrected chi connectivity index (χ0v) is 18.3. The van der Waals surface area contributed by atoms with E-state index in [1.807, 2.05) is 37.3 Å². The molecule has 0 saturated carbocycles. The second kappa shape index (κ2) is 8.56. The first-order valence-electron chi connectivity index (χ1n) is 10.1. The molecule has 1 amide bonds. The van der Waals surface area contributed by atoms with Crippen LogP contribution in [-0.4, -0.2) is 59.7 Å². The summed E-state index contributed by atoms with van der Waals surface area (Å²) in [6.45, 7) is 4.97.